The Labute approximate surface area is 118 Å². The maximum absolute atomic E-state index is 9.67. The predicted octanol–water partition coefficient (Wildman–Crippen LogP) is 4.05. The summed E-state index contributed by atoms with van der Waals surface area (Å²) in [4.78, 5) is 4.77. The Morgan fingerprint density at radius 3 is 2.60 bits per heavy atom. The third-order valence-electron chi connectivity index (χ3n) is 3.67. The summed E-state index contributed by atoms with van der Waals surface area (Å²) in [5.74, 6) is 1.28. The lowest BCUT2D eigenvalue weighted by atomic mass is 10.1. The molecule has 102 valence electrons. The van der Waals surface area contributed by atoms with Crippen LogP contribution in [0.5, 0.6) is 5.75 Å². The van der Waals surface area contributed by atoms with Crippen molar-refractivity contribution in [2.24, 2.45) is 0 Å². The van der Waals surface area contributed by atoms with Crippen molar-refractivity contribution in [3.8, 4) is 17.1 Å². The van der Waals surface area contributed by atoms with Gasteiger partial charge in [0.15, 0.2) is 0 Å². The number of hydrogen-bond donors (Lipinski definition) is 1. The first-order valence-corrected chi connectivity index (χ1v) is 6.87. The van der Waals surface area contributed by atoms with Crippen molar-refractivity contribution in [2.75, 3.05) is 0 Å². The van der Waals surface area contributed by atoms with Crippen LogP contribution in [0.4, 0.5) is 0 Å². The summed E-state index contributed by atoms with van der Waals surface area (Å²) in [7, 11) is 0. The molecule has 3 nitrogen and oxygen atoms in total. The fraction of sp³-hybridized carbons (Fsp3) is 0.235. The number of aromatic hydroxyl groups is 1. The average molecular weight is 266 g/mol. The van der Waals surface area contributed by atoms with Crippen molar-refractivity contribution in [3.05, 3.63) is 47.5 Å². The zero-order valence-corrected chi connectivity index (χ0v) is 12.0. The number of phenols is 1. The van der Waals surface area contributed by atoms with E-state index < -0.39 is 0 Å². The molecular formula is C17H18N2O. The van der Waals surface area contributed by atoms with E-state index in [2.05, 4.69) is 36.6 Å². The fourth-order valence-electron chi connectivity index (χ4n) is 2.57. The molecule has 2 aromatic carbocycles. The van der Waals surface area contributed by atoms with Crippen LogP contribution in [0.2, 0.25) is 0 Å². The Hall–Kier alpha value is -2.29. The summed E-state index contributed by atoms with van der Waals surface area (Å²) in [5, 5.41) is 9.67. The molecular weight excluding hydrogens is 248 g/mol. The number of fused-ring (bicyclic) bond motifs is 1. The Kier molecular flexibility index (Phi) is 2.97. The van der Waals surface area contributed by atoms with Gasteiger partial charge in [0.25, 0.3) is 0 Å². The number of hydrogen-bond acceptors (Lipinski definition) is 2. The molecule has 0 spiro atoms. The van der Waals surface area contributed by atoms with Gasteiger partial charge < -0.3 is 9.67 Å². The van der Waals surface area contributed by atoms with Crippen LogP contribution in [-0.2, 0) is 6.54 Å². The molecule has 0 aliphatic carbocycles. The minimum atomic E-state index is 0.323. The lowest BCUT2D eigenvalue weighted by molar-refractivity contribution is 0.471. The smallest absolute Gasteiger partial charge is 0.141 e. The fourth-order valence-corrected chi connectivity index (χ4v) is 2.57. The van der Waals surface area contributed by atoms with Gasteiger partial charge in [0.1, 0.15) is 11.6 Å². The van der Waals surface area contributed by atoms with Crippen LogP contribution < -0.4 is 0 Å². The number of aryl methyl sites for hydroxylation is 3. The second-order valence-corrected chi connectivity index (χ2v) is 5.17. The minimum absolute atomic E-state index is 0.323. The molecule has 1 N–H and O–H groups in total. The SMILES string of the molecule is CCn1c(-c2ccc(O)c(C)c2)nc2cc(C)ccc21. The first-order valence-electron chi connectivity index (χ1n) is 6.87. The van der Waals surface area contributed by atoms with Gasteiger partial charge in [0.05, 0.1) is 11.0 Å². The molecule has 0 unspecified atom stereocenters. The Morgan fingerprint density at radius 1 is 1.10 bits per heavy atom. The zero-order valence-electron chi connectivity index (χ0n) is 12.0. The molecule has 3 rings (SSSR count). The van der Waals surface area contributed by atoms with E-state index >= 15 is 0 Å². The van der Waals surface area contributed by atoms with E-state index in [-0.39, 0.29) is 0 Å². The molecule has 0 aliphatic rings. The number of aromatic nitrogens is 2. The van der Waals surface area contributed by atoms with Crippen LogP contribution in [0, 0.1) is 13.8 Å². The van der Waals surface area contributed by atoms with Crippen molar-refractivity contribution in [3.63, 3.8) is 0 Å². The van der Waals surface area contributed by atoms with Gasteiger partial charge in [-0.2, -0.15) is 0 Å². The molecule has 0 amide bonds. The van der Waals surface area contributed by atoms with E-state index in [0.29, 0.717) is 5.75 Å². The highest BCUT2D eigenvalue weighted by Crippen LogP contribution is 2.28. The molecule has 0 bridgehead atoms. The Morgan fingerprint density at radius 2 is 1.90 bits per heavy atom. The van der Waals surface area contributed by atoms with Crippen LogP contribution >= 0.6 is 0 Å². The minimum Gasteiger partial charge on any atom is -0.508 e. The van der Waals surface area contributed by atoms with E-state index in [1.807, 2.05) is 19.1 Å². The second-order valence-electron chi connectivity index (χ2n) is 5.17. The highest BCUT2D eigenvalue weighted by molar-refractivity contribution is 5.81. The molecule has 3 heteroatoms. The summed E-state index contributed by atoms with van der Waals surface area (Å²) >= 11 is 0. The van der Waals surface area contributed by atoms with Gasteiger partial charge in [0, 0.05) is 12.1 Å². The quantitative estimate of drug-likeness (QED) is 0.760. The van der Waals surface area contributed by atoms with Gasteiger partial charge in [-0.25, -0.2) is 4.98 Å². The van der Waals surface area contributed by atoms with Gasteiger partial charge in [-0.05, 0) is 62.2 Å². The van der Waals surface area contributed by atoms with Gasteiger partial charge in [-0.1, -0.05) is 6.07 Å². The van der Waals surface area contributed by atoms with Crippen molar-refractivity contribution < 1.29 is 5.11 Å². The third-order valence-corrected chi connectivity index (χ3v) is 3.67. The van der Waals surface area contributed by atoms with E-state index in [9.17, 15) is 5.11 Å². The lowest BCUT2D eigenvalue weighted by Crippen LogP contribution is -1.97. The number of imidazole rings is 1. The normalized spacial score (nSPS) is 11.2. The standard InChI is InChI=1S/C17H18N2O/c1-4-19-15-7-5-11(2)9-14(15)18-17(19)13-6-8-16(20)12(3)10-13/h5-10,20H,4H2,1-3H3. The highest BCUT2D eigenvalue weighted by Gasteiger charge is 2.12. The summed E-state index contributed by atoms with van der Waals surface area (Å²) in [5.41, 5.74) is 5.29. The number of nitrogens with zero attached hydrogens (tertiary/aromatic N) is 2. The molecule has 0 atom stereocenters. The molecule has 0 saturated carbocycles. The molecule has 0 radical (unpaired) electrons. The van der Waals surface area contributed by atoms with E-state index in [1.165, 1.54) is 5.56 Å². The van der Waals surface area contributed by atoms with Gasteiger partial charge in [-0.15, -0.1) is 0 Å². The number of benzene rings is 2. The zero-order chi connectivity index (χ0) is 14.3. The van der Waals surface area contributed by atoms with Crippen molar-refractivity contribution in [1.82, 2.24) is 9.55 Å². The Bertz CT molecular complexity index is 787. The summed E-state index contributed by atoms with van der Waals surface area (Å²) in [6.07, 6.45) is 0. The number of rotatable bonds is 2. The summed E-state index contributed by atoms with van der Waals surface area (Å²) < 4.78 is 2.21. The largest absolute Gasteiger partial charge is 0.508 e. The topological polar surface area (TPSA) is 38.0 Å². The molecule has 20 heavy (non-hydrogen) atoms. The maximum Gasteiger partial charge on any atom is 0.141 e. The molecule has 1 aromatic heterocycles. The first-order chi connectivity index (χ1) is 9.60. The van der Waals surface area contributed by atoms with E-state index in [0.717, 1.165) is 34.5 Å². The van der Waals surface area contributed by atoms with Gasteiger partial charge >= 0.3 is 0 Å². The highest BCUT2D eigenvalue weighted by atomic mass is 16.3. The monoisotopic (exact) mass is 266 g/mol. The van der Waals surface area contributed by atoms with Gasteiger partial charge in [-0.3, -0.25) is 0 Å². The number of phenolic OH excluding ortho intramolecular Hbond substituents is 1. The molecule has 1 heterocycles. The van der Waals surface area contributed by atoms with Crippen LogP contribution in [0.15, 0.2) is 36.4 Å². The third kappa shape index (κ3) is 1.95. The lowest BCUT2D eigenvalue weighted by Gasteiger charge is -2.07. The molecule has 0 aliphatic heterocycles. The average Bonchev–Trinajstić information content (AvgIpc) is 2.79. The Balaban J connectivity index is 2.26. The van der Waals surface area contributed by atoms with E-state index in [1.54, 1.807) is 6.07 Å². The van der Waals surface area contributed by atoms with Crippen LogP contribution in [0.25, 0.3) is 22.4 Å². The van der Waals surface area contributed by atoms with Crippen LogP contribution in [-0.4, -0.2) is 14.7 Å². The summed E-state index contributed by atoms with van der Waals surface area (Å²) in [6.45, 7) is 6.98. The van der Waals surface area contributed by atoms with Crippen molar-refractivity contribution >= 4 is 11.0 Å². The van der Waals surface area contributed by atoms with Crippen LogP contribution in [0.3, 0.4) is 0 Å². The summed E-state index contributed by atoms with van der Waals surface area (Å²) in [6, 6.07) is 12.0. The van der Waals surface area contributed by atoms with Crippen molar-refractivity contribution in [2.45, 2.75) is 27.3 Å². The molecule has 0 fully saturated rings. The molecule has 0 saturated heterocycles. The first kappa shape index (κ1) is 12.7. The second kappa shape index (κ2) is 4.67. The predicted molar refractivity (Wildman–Crippen MR) is 82.0 cm³/mol. The maximum atomic E-state index is 9.67. The van der Waals surface area contributed by atoms with Crippen LogP contribution in [0.1, 0.15) is 18.1 Å². The van der Waals surface area contributed by atoms with Crippen molar-refractivity contribution in [1.29, 1.82) is 0 Å². The van der Waals surface area contributed by atoms with Gasteiger partial charge in [0.2, 0.25) is 0 Å². The molecule has 3 aromatic rings. The van der Waals surface area contributed by atoms with E-state index in [4.69, 9.17) is 4.98 Å².